The third kappa shape index (κ3) is 3.71. The highest BCUT2D eigenvalue weighted by Gasteiger charge is 2.80. The number of amidine groups is 1. The molecule has 236 valence electrons. The van der Waals surface area contributed by atoms with Gasteiger partial charge in [0, 0.05) is 10.2 Å². The van der Waals surface area contributed by atoms with Crippen molar-refractivity contribution in [2.45, 2.75) is 66.3 Å². The molecule has 4 heterocycles. The van der Waals surface area contributed by atoms with Gasteiger partial charge in [0.25, 0.3) is 11.8 Å². The number of esters is 1. The highest BCUT2D eigenvalue weighted by atomic mass is 79.9. The van der Waals surface area contributed by atoms with Crippen LogP contribution in [0, 0.1) is 5.92 Å². The number of ether oxygens (including phenoxy) is 1. The van der Waals surface area contributed by atoms with E-state index in [-0.39, 0.29) is 11.3 Å². The number of imide groups is 1. The number of carbonyl (C=O) groups is 5. The lowest BCUT2D eigenvalue weighted by Gasteiger charge is -2.61. The molecule has 1 saturated carbocycles. The van der Waals surface area contributed by atoms with Gasteiger partial charge in [0.15, 0.2) is 23.5 Å². The summed E-state index contributed by atoms with van der Waals surface area (Å²) < 4.78 is 5.79. The average molecular weight is 684 g/mol. The number of halogens is 1. The van der Waals surface area contributed by atoms with E-state index in [1.807, 2.05) is 5.32 Å². The summed E-state index contributed by atoms with van der Waals surface area (Å²) in [7, 11) is 0. The van der Waals surface area contributed by atoms with Crippen molar-refractivity contribution in [2.24, 2.45) is 10.9 Å². The van der Waals surface area contributed by atoms with Crippen LogP contribution in [0.15, 0.2) is 27.7 Å². The SMILES string of the molecule is C[C@@]1(O)C(=O)N2[C@@H]3C(=O)NC(=O)NC3=NC[C@@]2(O)[C@H](C(=O)OC2[C@@H](O)[C@@H](O)C(O)[C@@H](O)[C@H]2O)[C@]12C(=O)Nc1cc(Br)ccc12. The van der Waals surface area contributed by atoms with Gasteiger partial charge in [0.2, 0.25) is 5.91 Å². The molecule has 0 aromatic heterocycles. The minimum Gasteiger partial charge on any atom is -0.456 e. The van der Waals surface area contributed by atoms with E-state index in [1.165, 1.54) is 18.2 Å². The van der Waals surface area contributed by atoms with E-state index < -0.39 is 107 Å². The fourth-order valence-corrected chi connectivity index (χ4v) is 7.28. The predicted molar refractivity (Wildman–Crippen MR) is 143 cm³/mol. The second-order valence-electron chi connectivity index (χ2n) is 11.4. The zero-order valence-electron chi connectivity index (χ0n) is 22.4. The van der Waals surface area contributed by atoms with Crippen molar-refractivity contribution >= 4 is 57.2 Å². The molecule has 11 atom stereocenters. The van der Waals surface area contributed by atoms with Crippen molar-refractivity contribution in [3.8, 4) is 0 Å². The van der Waals surface area contributed by atoms with Gasteiger partial charge >= 0.3 is 12.0 Å². The molecule has 1 aliphatic carbocycles. The van der Waals surface area contributed by atoms with Gasteiger partial charge in [-0.15, -0.1) is 0 Å². The Kier molecular flexibility index (Phi) is 6.73. The Bertz CT molecular complexity index is 1540. The highest BCUT2D eigenvalue weighted by molar-refractivity contribution is 9.10. The van der Waals surface area contributed by atoms with E-state index in [4.69, 9.17) is 4.74 Å². The third-order valence-electron chi connectivity index (χ3n) is 9.02. The highest BCUT2D eigenvalue weighted by Crippen LogP contribution is 2.59. The average Bonchev–Trinajstić information content (AvgIpc) is 3.23. The van der Waals surface area contributed by atoms with Crippen molar-refractivity contribution in [3.05, 3.63) is 28.2 Å². The van der Waals surface area contributed by atoms with Gasteiger partial charge in [-0.2, -0.15) is 0 Å². The summed E-state index contributed by atoms with van der Waals surface area (Å²) in [6.07, 6.45) is -12.9. The molecule has 0 bridgehead atoms. The molecule has 2 unspecified atom stereocenters. The van der Waals surface area contributed by atoms with Crippen LogP contribution in [0.25, 0.3) is 0 Å². The molecule has 0 radical (unpaired) electrons. The summed E-state index contributed by atoms with van der Waals surface area (Å²) in [5, 5.41) is 82.4. The predicted octanol–water partition coefficient (Wildman–Crippen LogP) is -5.11. The lowest BCUT2D eigenvalue weighted by molar-refractivity contribution is -0.259. The minimum absolute atomic E-state index is 0.0154. The molecular weight excluding hydrogens is 658 g/mol. The summed E-state index contributed by atoms with van der Waals surface area (Å²) in [5.41, 5.74) is -8.77. The first-order valence-electron chi connectivity index (χ1n) is 13.2. The van der Waals surface area contributed by atoms with Crippen molar-refractivity contribution in [2.75, 3.05) is 11.9 Å². The maximum absolute atomic E-state index is 14.3. The number of rotatable bonds is 2. The van der Waals surface area contributed by atoms with Gasteiger partial charge in [0.1, 0.15) is 47.7 Å². The second-order valence-corrected chi connectivity index (χ2v) is 12.3. The molecule has 1 spiro atoms. The van der Waals surface area contributed by atoms with Crippen LogP contribution in [0.1, 0.15) is 12.5 Å². The molecule has 18 nitrogen and oxygen atoms in total. The maximum atomic E-state index is 14.3. The number of piperidine rings is 1. The molecule has 4 aliphatic heterocycles. The summed E-state index contributed by atoms with van der Waals surface area (Å²) >= 11 is 3.24. The van der Waals surface area contributed by atoms with Crippen LogP contribution in [0.3, 0.4) is 0 Å². The fourth-order valence-electron chi connectivity index (χ4n) is 6.92. The van der Waals surface area contributed by atoms with Crippen LogP contribution in [0.4, 0.5) is 10.5 Å². The van der Waals surface area contributed by atoms with Crippen LogP contribution < -0.4 is 16.0 Å². The van der Waals surface area contributed by atoms with E-state index in [9.17, 15) is 59.7 Å². The number of aliphatic hydroxyl groups is 7. The summed E-state index contributed by atoms with van der Waals surface area (Å²) in [4.78, 5) is 71.9. The van der Waals surface area contributed by atoms with Crippen molar-refractivity contribution < 1.29 is 64.5 Å². The number of anilines is 1. The first kappa shape index (κ1) is 30.5. The first-order valence-corrected chi connectivity index (χ1v) is 14.0. The van der Waals surface area contributed by atoms with Gasteiger partial charge in [0.05, 0.1) is 6.54 Å². The first-order chi connectivity index (χ1) is 20.5. The number of carbonyl (C=O) groups excluding carboxylic acids is 5. The van der Waals surface area contributed by atoms with Gasteiger partial charge in [-0.05, 0) is 24.6 Å². The number of hydrogen-bond acceptors (Lipinski definition) is 14. The topological polar surface area (TPSA) is 288 Å². The summed E-state index contributed by atoms with van der Waals surface area (Å²) in [5.74, 6) is -8.18. The Balaban J connectivity index is 1.57. The number of nitrogens with zero attached hydrogens (tertiary/aromatic N) is 2. The second kappa shape index (κ2) is 9.72. The lowest BCUT2D eigenvalue weighted by Crippen LogP contribution is -2.86. The number of nitrogens with one attached hydrogen (secondary N) is 3. The molecule has 5 amide bonds. The van der Waals surface area contributed by atoms with Crippen LogP contribution in [-0.4, -0.2) is 137 Å². The quantitative estimate of drug-likeness (QED) is 0.131. The van der Waals surface area contributed by atoms with Gasteiger partial charge in [-0.3, -0.25) is 39.7 Å². The minimum atomic E-state index is -2.96. The summed E-state index contributed by atoms with van der Waals surface area (Å²) in [6.45, 7) is -0.0700. The molecule has 44 heavy (non-hydrogen) atoms. The van der Waals surface area contributed by atoms with E-state index in [0.717, 1.165) is 6.92 Å². The van der Waals surface area contributed by atoms with E-state index in [0.29, 0.717) is 9.37 Å². The number of benzene rings is 1. The van der Waals surface area contributed by atoms with Crippen LogP contribution >= 0.6 is 15.9 Å². The Morgan fingerprint density at radius 2 is 1.59 bits per heavy atom. The molecule has 19 heteroatoms. The molecule has 10 N–H and O–H groups in total. The van der Waals surface area contributed by atoms with Crippen molar-refractivity contribution in [3.63, 3.8) is 0 Å². The van der Waals surface area contributed by atoms with Gasteiger partial charge < -0.3 is 45.8 Å². The fraction of sp³-hybridized carbons (Fsp3) is 0.520. The Morgan fingerprint density at radius 3 is 2.23 bits per heavy atom. The normalized spacial score (nSPS) is 42.8. The van der Waals surface area contributed by atoms with Crippen molar-refractivity contribution in [1.29, 1.82) is 0 Å². The van der Waals surface area contributed by atoms with Crippen molar-refractivity contribution in [1.82, 2.24) is 15.5 Å². The standard InChI is InChI=1S/C25H26BrN5O13/c1-23(42)21(40)31-9-17(29-22(41)30-18(9)37)27-5-24(31,43)16(25(23)7-3-2-6(26)4-8(7)28-20(25)39)19(38)44-15-13(35)11(33)10(32)12(34)14(15)36/h2-4,9-16,32-36,42-43H,5H2,1H3,(H,28,39)(H2,27,29,30,37,41)/t9-,10?,11-,12+,13-,14+,15?,16-,23+,24+,25+/m0/s1. The number of amides is 5. The third-order valence-corrected chi connectivity index (χ3v) is 9.51. The maximum Gasteiger partial charge on any atom is 0.326 e. The largest absolute Gasteiger partial charge is 0.456 e. The molecule has 1 aromatic rings. The molecule has 2 saturated heterocycles. The number of hydrogen-bond donors (Lipinski definition) is 10. The van der Waals surface area contributed by atoms with Crippen LogP contribution in [0.2, 0.25) is 0 Å². The number of urea groups is 1. The molecule has 5 aliphatic rings. The van der Waals surface area contributed by atoms with E-state index in [1.54, 1.807) is 0 Å². The smallest absolute Gasteiger partial charge is 0.326 e. The molecule has 1 aromatic carbocycles. The van der Waals surface area contributed by atoms with E-state index in [2.05, 4.69) is 31.6 Å². The van der Waals surface area contributed by atoms with Gasteiger partial charge in [-0.25, -0.2) is 4.79 Å². The van der Waals surface area contributed by atoms with E-state index >= 15 is 0 Å². The molecular formula is C25H26BrN5O13. The van der Waals surface area contributed by atoms with Crippen LogP contribution in [0.5, 0.6) is 0 Å². The lowest BCUT2D eigenvalue weighted by atomic mass is 9.54. The zero-order valence-corrected chi connectivity index (χ0v) is 24.0. The Labute approximate surface area is 254 Å². The molecule has 6 rings (SSSR count). The van der Waals surface area contributed by atoms with Crippen LogP contribution in [-0.2, 0) is 29.3 Å². The van der Waals surface area contributed by atoms with Gasteiger partial charge in [-0.1, -0.05) is 22.0 Å². The zero-order chi connectivity index (χ0) is 32.3. The molecule has 3 fully saturated rings. The number of fused-ring (bicyclic) bond motifs is 5. The number of aliphatic hydroxyl groups excluding tert-OH is 5. The summed E-state index contributed by atoms with van der Waals surface area (Å²) in [6, 6.07) is 1.19. The Hall–Kier alpha value is -3.56. The number of aliphatic imine (C=N–C) groups is 1. The Morgan fingerprint density at radius 1 is 0.977 bits per heavy atom. The monoisotopic (exact) mass is 683 g/mol.